The van der Waals surface area contributed by atoms with Crippen LogP contribution < -0.4 is 15.4 Å². The first-order valence-corrected chi connectivity index (χ1v) is 6.90. The van der Waals surface area contributed by atoms with Gasteiger partial charge < -0.3 is 15.4 Å². The lowest BCUT2D eigenvalue weighted by molar-refractivity contribution is 0.307. The van der Waals surface area contributed by atoms with Crippen LogP contribution in [0.1, 0.15) is 5.56 Å². The summed E-state index contributed by atoms with van der Waals surface area (Å²) in [6, 6.07) is 10.1. The minimum atomic E-state index is -0.283. The van der Waals surface area contributed by atoms with Crippen molar-refractivity contribution in [2.45, 2.75) is 6.61 Å². The molecule has 5 heteroatoms. The molecule has 20 heavy (non-hydrogen) atoms. The van der Waals surface area contributed by atoms with Crippen molar-refractivity contribution in [3.8, 4) is 5.75 Å². The molecule has 0 unspecified atom stereocenters. The van der Waals surface area contributed by atoms with Crippen LogP contribution in [-0.4, -0.2) is 14.1 Å². The predicted octanol–water partition coefficient (Wildman–Crippen LogP) is 3.82. The van der Waals surface area contributed by atoms with E-state index < -0.39 is 0 Å². The third-order valence-electron chi connectivity index (χ3n) is 2.91. The van der Waals surface area contributed by atoms with Gasteiger partial charge in [-0.2, -0.15) is 0 Å². The molecule has 0 aliphatic carbocycles. The van der Waals surface area contributed by atoms with E-state index in [1.54, 1.807) is 6.07 Å². The standard InChI is InChI=1S/C15H16BrFN2O/c1-19(2)12-5-6-14(18)15(8-12)20-9-10-3-4-11(17)7-13(10)16/h3-8H,9,18H2,1-2H3. The summed E-state index contributed by atoms with van der Waals surface area (Å²) in [5.74, 6) is 0.335. The van der Waals surface area contributed by atoms with Gasteiger partial charge in [0.25, 0.3) is 0 Å². The summed E-state index contributed by atoms with van der Waals surface area (Å²) in [4.78, 5) is 1.97. The fourth-order valence-electron chi connectivity index (χ4n) is 1.72. The third kappa shape index (κ3) is 3.42. The van der Waals surface area contributed by atoms with Gasteiger partial charge in [-0.1, -0.05) is 22.0 Å². The Morgan fingerprint density at radius 2 is 1.95 bits per heavy atom. The Balaban J connectivity index is 2.16. The molecular formula is C15H16BrFN2O. The lowest BCUT2D eigenvalue weighted by Gasteiger charge is -2.16. The fourth-order valence-corrected chi connectivity index (χ4v) is 2.19. The largest absolute Gasteiger partial charge is 0.487 e. The summed E-state index contributed by atoms with van der Waals surface area (Å²) < 4.78 is 19.4. The number of nitrogens with zero attached hydrogens (tertiary/aromatic N) is 1. The van der Waals surface area contributed by atoms with E-state index in [0.717, 1.165) is 11.3 Å². The molecule has 0 amide bonds. The summed E-state index contributed by atoms with van der Waals surface area (Å²) in [5, 5.41) is 0. The van der Waals surface area contributed by atoms with E-state index >= 15 is 0 Å². The molecule has 0 aliphatic heterocycles. The fraction of sp³-hybridized carbons (Fsp3) is 0.200. The van der Waals surface area contributed by atoms with Gasteiger partial charge in [0.2, 0.25) is 0 Å². The Labute approximate surface area is 126 Å². The maximum absolute atomic E-state index is 13.0. The van der Waals surface area contributed by atoms with Crippen molar-refractivity contribution < 1.29 is 9.13 Å². The van der Waals surface area contributed by atoms with Crippen LogP contribution in [0.4, 0.5) is 15.8 Å². The smallest absolute Gasteiger partial charge is 0.144 e. The van der Waals surface area contributed by atoms with E-state index in [1.807, 2.05) is 37.2 Å². The molecule has 0 spiro atoms. The van der Waals surface area contributed by atoms with Gasteiger partial charge in [0.1, 0.15) is 18.2 Å². The number of ether oxygens (including phenoxy) is 1. The minimum Gasteiger partial charge on any atom is -0.487 e. The quantitative estimate of drug-likeness (QED) is 0.861. The second-order valence-electron chi connectivity index (χ2n) is 4.64. The second kappa shape index (κ2) is 6.13. The maximum Gasteiger partial charge on any atom is 0.144 e. The van der Waals surface area contributed by atoms with Crippen LogP contribution in [0.3, 0.4) is 0 Å². The molecule has 2 aromatic rings. The van der Waals surface area contributed by atoms with Crippen molar-refractivity contribution in [3.63, 3.8) is 0 Å². The predicted molar refractivity (Wildman–Crippen MR) is 83.6 cm³/mol. The molecule has 0 aromatic heterocycles. The molecule has 0 bridgehead atoms. The van der Waals surface area contributed by atoms with Crippen LogP contribution in [0.15, 0.2) is 40.9 Å². The molecule has 2 rings (SSSR count). The summed E-state index contributed by atoms with van der Waals surface area (Å²) in [6.07, 6.45) is 0. The van der Waals surface area contributed by atoms with E-state index in [1.165, 1.54) is 12.1 Å². The zero-order valence-corrected chi connectivity index (χ0v) is 12.9. The van der Waals surface area contributed by atoms with Crippen molar-refractivity contribution in [2.75, 3.05) is 24.7 Å². The molecule has 2 N–H and O–H groups in total. The SMILES string of the molecule is CN(C)c1ccc(N)c(OCc2ccc(F)cc2Br)c1. The topological polar surface area (TPSA) is 38.5 Å². The first-order valence-electron chi connectivity index (χ1n) is 6.11. The van der Waals surface area contributed by atoms with Gasteiger partial charge >= 0.3 is 0 Å². The van der Waals surface area contributed by atoms with Gasteiger partial charge in [-0.05, 0) is 24.3 Å². The molecule has 0 fully saturated rings. The van der Waals surface area contributed by atoms with Crippen LogP contribution >= 0.6 is 15.9 Å². The van der Waals surface area contributed by atoms with Gasteiger partial charge in [-0.15, -0.1) is 0 Å². The van der Waals surface area contributed by atoms with Crippen LogP contribution in [0.25, 0.3) is 0 Å². The number of nitrogen functional groups attached to an aromatic ring is 1. The van der Waals surface area contributed by atoms with Crippen molar-refractivity contribution in [1.82, 2.24) is 0 Å². The van der Waals surface area contributed by atoms with E-state index in [9.17, 15) is 4.39 Å². The summed E-state index contributed by atoms with van der Waals surface area (Å²) >= 11 is 3.32. The maximum atomic E-state index is 13.0. The van der Waals surface area contributed by atoms with Crippen LogP contribution in [0.2, 0.25) is 0 Å². The second-order valence-corrected chi connectivity index (χ2v) is 5.50. The molecular weight excluding hydrogens is 323 g/mol. The number of nitrogens with two attached hydrogens (primary N) is 1. The molecule has 0 radical (unpaired) electrons. The molecule has 0 heterocycles. The van der Waals surface area contributed by atoms with Crippen molar-refractivity contribution in [2.24, 2.45) is 0 Å². The molecule has 2 aromatic carbocycles. The number of rotatable bonds is 4. The molecule has 0 saturated heterocycles. The van der Waals surface area contributed by atoms with Crippen LogP contribution in [0.5, 0.6) is 5.75 Å². The Hall–Kier alpha value is -1.75. The number of anilines is 2. The van der Waals surface area contributed by atoms with Gasteiger partial charge in [0, 0.05) is 35.9 Å². The Morgan fingerprint density at radius 3 is 2.60 bits per heavy atom. The molecule has 0 saturated carbocycles. The average molecular weight is 339 g/mol. The average Bonchev–Trinajstić information content (AvgIpc) is 2.39. The highest BCUT2D eigenvalue weighted by atomic mass is 79.9. The van der Waals surface area contributed by atoms with Gasteiger partial charge in [0.15, 0.2) is 0 Å². The van der Waals surface area contributed by atoms with E-state index in [0.29, 0.717) is 22.5 Å². The molecule has 3 nitrogen and oxygen atoms in total. The van der Waals surface area contributed by atoms with Crippen LogP contribution in [0, 0.1) is 5.82 Å². The number of halogens is 2. The number of hydrogen-bond donors (Lipinski definition) is 1. The highest BCUT2D eigenvalue weighted by Gasteiger charge is 2.07. The normalized spacial score (nSPS) is 10.4. The van der Waals surface area contributed by atoms with E-state index in [4.69, 9.17) is 10.5 Å². The zero-order chi connectivity index (χ0) is 14.7. The Kier molecular flexibility index (Phi) is 4.49. The van der Waals surface area contributed by atoms with Crippen LogP contribution in [-0.2, 0) is 6.61 Å². The summed E-state index contributed by atoms with van der Waals surface area (Å²) in [7, 11) is 3.90. The number of benzene rings is 2. The summed E-state index contributed by atoms with van der Waals surface area (Å²) in [5.41, 5.74) is 8.35. The lowest BCUT2D eigenvalue weighted by Crippen LogP contribution is -2.09. The lowest BCUT2D eigenvalue weighted by atomic mass is 10.2. The van der Waals surface area contributed by atoms with E-state index in [2.05, 4.69) is 15.9 Å². The zero-order valence-electron chi connectivity index (χ0n) is 11.4. The third-order valence-corrected chi connectivity index (χ3v) is 3.65. The van der Waals surface area contributed by atoms with Gasteiger partial charge in [-0.3, -0.25) is 0 Å². The van der Waals surface area contributed by atoms with Crippen molar-refractivity contribution in [3.05, 3.63) is 52.3 Å². The summed E-state index contributed by atoms with van der Waals surface area (Å²) in [6.45, 7) is 0.321. The first kappa shape index (κ1) is 14.7. The van der Waals surface area contributed by atoms with Crippen molar-refractivity contribution >= 4 is 27.3 Å². The minimum absolute atomic E-state index is 0.283. The first-order chi connectivity index (χ1) is 9.47. The molecule has 0 aliphatic rings. The highest BCUT2D eigenvalue weighted by molar-refractivity contribution is 9.10. The molecule has 0 atom stereocenters. The highest BCUT2D eigenvalue weighted by Crippen LogP contribution is 2.28. The Bertz CT molecular complexity index is 617. The van der Waals surface area contributed by atoms with Gasteiger partial charge in [-0.25, -0.2) is 4.39 Å². The monoisotopic (exact) mass is 338 g/mol. The van der Waals surface area contributed by atoms with Gasteiger partial charge in [0.05, 0.1) is 5.69 Å². The molecule has 106 valence electrons. The number of hydrogen-bond acceptors (Lipinski definition) is 3. The Morgan fingerprint density at radius 1 is 1.20 bits per heavy atom. The van der Waals surface area contributed by atoms with E-state index in [-0.39, 0.29) is 5.82 Å². The van der Waals surface area contributed by atoms with Crippen molar-refractivity contribution in [1.29, 1.82) is 0 Å².